The summed E-state index contributed by atoms with van der Waals surface area (Å²) in [6, 6.07) is 18.9. The van der Waals surface area contributed by atoms with Crippen LogP contribution in [0.5, 0.6) is 0 Å². The van der Waals surface area contributed by atoms with Crippen LogP contribution in [0.2, 0.25) is 0 Å². The fraction of sp³-hybridized carbons (Fsp3) is 0.0556. The molecule has 1 unspecified atom stereocenters. The van der Waals surface area contributed by atoms with Gasteiger partial charge in [-0.1, -0.05) is 35.0 Å². The number of fused-ring (bicyclic) bond motifs is 1. The zero-order chi connectivity index (χ0) is 16.5. The number of pyridine rings is 2. The molecule has 5 nitrogen and oxygen atoms in total. The van der Waals surface area contributed by atoms with Gasteiger partial charge >= 0.3 is 0 Å². The van der Waals surface area contributed by atoms with E-state index in [1.54, 1.807) is 10.6 Å². The predicted octanol–water partition coefficient (Wildman–Crippen LogP) is 3.27. The summed E-state index contributed by atoms with van der Waals surface area (Å²) in [5, 5.41) is 8.80. The van der Waals surface area contributed by atoms with Gasteiger partial charge in [0.15, 0.2) is 0 Å². The van der Waals surface area contributed by atoms with Crippen molar-refractivity contribution < 1.29 is 4.21 Å². The number of aromatic nitrogens is 4. The topological polar surface area (TPSA) is 60.2 Å². The van der Waals surface area contributed by atoms with E-state index in [1.807, 2.05) is 67.7 Å². The first-order valence-electron chi connectivity index (χ1n) is 7.48. The van der Waals surface area contributed by atoms with Gasteiger partial charge in [-0.25, -0.2) is 13.7 Å². The molecular weight excluding hydrogens is 320 g/mol. The monoisotopic (exact) mass is 334 g/mol. The maximum Gasteiger partial charge on any atom is 0.139 e. The third-order valence-corrected chi connectivity index (χ3v) is 5.02. The molecule has 0 fully saturated rings. The second-order valence-electron chi connectivity index (χ2n) is 5.41. The Morgan fingerprint density at radius 1 is 0.958 bits per heavy atom. The lowest BCUT2D eigenvalue weighted by atomic mass is 10.2. The lowest BCUT2D eigenvalue weighted by molar-refractivity contribution is 0.680. The smallest absolute Gasteiger partial charge is 0.139 e. The molecule has 0 saturated heterocycles. The molecule has 0 saturated carbocycles. The first-order valence-corrected chi connectivity index (χ1v) is 8.63. The third-order valence-electron chi connectivity index (χ3n) is 3.71. The highest BCUT2D eigenvalue weighted by molar-refractivity contribution is 7.85. The molecule has 0 N–H and O–H groups in total. The average molecular weight is 334 g/mol. The molecule has 24 heavy (non-hydrogen) atoms. The lowest BCUT2D eigenvalue weighted by Gasteiger charge is -2.04. The van der Waals surface area contributed by atoms with Crippen molar-refractivity contribution in [2.45, 2.75) is 16.8 Å². The summed E-state index contributed by atoms with van der Waals surface area (Å²) in [6.07, 6.45) is 1.83. The summed E-state index contributed by atoms with van der Waals surface area (Å²) >= 11 is 0. The van der Waals surface area contributed by atoms with E-state index in [9.17, 15) is 4.21 Å². The van der Waals surface area contributed by atoms with E-state index >= 15 is 0 Å². The summed E-state index contributed by atoms with van der Waals surface area (Å²) in [4.78, 5) is 5.28. The Labute approximate surface area is 141 Å². The van der Waals surface area contributed by atoms with Crippen molar-refractivity contribution in [1.82, 2.24) is 19.8 Å². The summed E-state index contributed by atoms with van der Waals surface area (Å²) < 4.78 is 14.4. The number of benzene rings is 1. The molecule has 0 aliphatic carbocycles. The van der Waals surface area contributed by atoms with Crippen molar-refractivity contribution in [2.75, 3.05) is 0 Å². The Kier molecular flexibility index (Phi) is 3.66. The van der Waals surface area contributed by atoms with Crippen LogP contribution in [0, 0.1) is 6.92 Å². The lowest BCUT2D eigenvalue weighted by Crippen LogP contribution is -1.97. The van der Waals surface area contributed by atoms with Gasteiger partial charge in [0.1, 0.15) is 21.5 Å². The molecule has 3 heterocycles. The van der Waals surface area contributed by atoms with Crippen LogP contribution in [0.25, 0.3) is 16.9 Å². The number of nitrogens with zero attached hydrogens (tertiary/aromatic N) is 4. The highest BCUT2D eigenvalue weighted by Gasteiger charge is 2.13. The fourth-order valence-corrected chi connectivity index (χ4v) is 3.47. The number of rotatable bonds is 3. The van der Waals surface area contributed by atoms with Crippen LogP contribution in [-0.2, 0) is 10.8 Å². The van der Waals surface area contributed by atoms with Gasteiger partial charge in [-0.15, -0.1) is 5.10 Å². The second kappa shape index (κ2) is 5.98. The summed E-state index contributed by atoms with van der Waals surface area (Å²) in [5.41, 5.74) is 3.34. The van der Waals surface area contributed by atoms with Gasteiger partial charge in [-0.3, -0.25) is 0 Å². The first kappa shape index (κ1) is 14.7. The van der Waals surface area contributed by atoms with Crippen LogP contribution in [0.1, 0.15) is 5.56 Å². The highest BCUT2D eigenvalue weighted by Crippen LogP contribution is 2.22. The van der Waals surface area contributed by atoms with E-state index in [4.69, 9.17) is 0 Å². The molecule has 0 bridgehead atoms. The van der Waals surface area contributed by atoms with E-state index in [-0.39, 0.29) is 0 Å². The van der Waals surface area contributed by atoms with Gasteiger partial charge in [0, 0.05) is 11.1 Å². The van der Waals surface area contributed by atoms with Crippen LogP contribution >= 0.6 is 0 Å². The fourth-order valence-electron chi connectivity index (χ4n) is 2.46. The van der Waals surface area contributed by atoms with Crippen molar-refractivity contribution in [3.63, 3.8) is 0 Å². The second-order valence-corrected chi connectivity index (χ2v) is 6.84. The molecule has 6 heteroatoms. The molecule has 1 atom stereocenters. The Hall–Kier alpha value is -2.86. The molecule has 0 aliphatic heterocycles. The van der Waals surface area contributed by atoms with Crippen molar-refractivity contribution in [3.8, 4) is 11.4 Å². The van der Waals surface area contributed by atoms with Crippen LogP contribution in [0.4, 0.5) is 0 Å². The van der Waals surface area contributed by atoms with Crippen LogP contribution in [0.3, 0.4) is 0 Å². The molecular formula is C18H14N4OS. The molecule has 4 aromatic rings. The van der Waals surface area contributed by atoms with E-state index in [0.29, 0.717) is 16.4 Å². The minimum atomic E-state index is -1.33. The molecule has 0 radical (unpaired) electrons. The minimum Gasteiger partial charge on any atom is -0.247 e. The first-order chi connectivity index (χ1) is 11.7. The molecule has 4 rings (SSSR count). The summed E-state index contributed by atoms with van der Waals surface area (Å²) in [5.74, 6) is 0. The molecule has 0 aliphatic rings. The minimum absolute atomic E-state index is 0.508. The van der Waals surface area contributed by atoms with E-state index < -0.39 is 10.8 Å². The predicted molar refractivity (Wildman–Crippen MR) is 92.1 cm³/mol. The Bertz CT molecular complexity index is 1040. The maximum atomic E-state index is 12.8. The Morgan fingerprint density at radius 3 is 2.62 bits per heavy atom. The van der Waals surface area contributed by atoms with Crippen LogP contribution in [-0.4, -0.2) is 24.0 Å². The van der Waals surface area contributed by atoms with Crippen molar-refractivity contribution >= 4 is 16.3 Å². The van der Waals surface area contributed by atoms with Crippen molar-refractivity contribution in [2.24, 2.45) is 0 Å². The van der Waals surface area contributed by atoms with Gasteiger partial charge in [0.2, 0.25) is 0 Å². The van der Waals surface area contributed by atoms with Crippen molar-refractivity contribution in [3.05, 3.63) is 72.4 Å². The summed E-state index contributed by atoms with van der Waals surface area (Å²) in [6.45, 7) is 2.00. The normalized spacial score (nSPS) is 12.4. The molecule has 0 amide bonds. The van der Waals surface area contributed by atoms with E-state index in [1.165, 1.54) is 0 Å². The zero-order valence-corrected chi connectivity index (χ0v) is 13.8. The Balaban J connectivity index is 1.76. The number of hydrogen-bond acceptors (Lipinski definition) is 4. The standard InChI is InChI=1S/C18H14N4OS/c1-13-8-10-14(11-9-13)24(23)17-7-4-5-15(19-17)18-16-6-2-3-12-22(16)21-20-18/h2-12H,1H3. The quantitative estimate of drug-likeness (QED) is 0.577. The SMILES string of the molecule is Cc1ccc(S(=O)c2cccc(-c3nnn4ccccc34)n2)cc1. The van der Waals surface area contributed by atoms with Gasteiger partial charge in [0.05, 0.1) is 11.2 Å². The third kappa shape index (κ3) is 2.61. The van der Waals surface area contributed by atoms with Gasteiger partial charge < -0.3 is 0 Å². The molecule has 0 spiro atoms. The zero-order valence-electron chi connectivity index (χ0n) is 13.0. The van der Waals surface area contributed by atoms with E-state index in [0.717, 1.165) is 16.0 Å². The van der Waals surface area contributed by atoms with Gasteiger partial charge in [0.25, 0.3) is 0 Å². The van der Waals surface area contributed by atoms with Crippen molar-refractivity contribution in [1.29, 1.82) is 0 Å². The van der Waals surface area contributed by atoms with E-state index in [2.05, 4.69) is 15.3 Å². The average Bonchev–Trinajstić information content (AvgIpc) is 3.06. The van der Waals surface area contributed by atoms with Crippen LogP contribution < -0.4 is 0 Å². The van der Waals surface area contributed by atoms with Gasteiger partial charge in [-0.05, 0) is 43.3 Å². The summed E-state index contributed by atoms with van der Waals surface area (Å²) in [7, 11) is -1.33. The van der Waals surface area contributed by atoms with Gasteiger partial charge in [-0.2, -0.15) is 0 Å². The highest BCUT2D eigenvalue weighted by atomic mass is 32.2. The maximum absolute atomic E-state index is 12.8. The number of aryl methyl sites for hydroxylation is 1. The molecule has 1 aromatic carbocycles. The largest absolute Gasteiger partial charge is 0.247 e. The molecule has 118 valence electrons. The molecule has 3 aromatic heterocycles. The van der Waals surface area contributed by atoms with Crippen LogP contribution in [0.15, 0.2) is 76.8 Å². The Morgan fingerprint density at radius 2 is 1.79 bits per heavy atom. The number of hydrogen-bond donors (Lipinski definition) is 0.